The van der Waals surface area contributed by atoms with Crippen LogP contribution in [0, 0.1) is 0 Å². The molecular weight excluding hydrogens is 334 g/mol. The molecule has 8 heteroatoms. The maximum Gasteiger partial charge on any atom is 0.329 e. The lowest BCUT2D eigenvalue weighted by Crippen LogP contribution is -2.30. The highest BCUT2D eigenvalue weighted by Gasteiger charge is 2.22. The number of aromatic amines is 1. The van der Waals surface area contributed by atoms with Crippen molar-refractivity contribution < 1.29 is 4.79 Å². The Morgan fingerprint density at radius 2 is 1.81 bits per heavy atom. The van der Waals surface area contributed by atoms with Gasteiger partial charge in [0.2, 0.25) is 5.95 Å². The fourth-order valence-corrected chi connectivity index (χ4v) is 2.98. The van der Waals surface area contributed by atoms with Crippen molar-refractivity contribution in [3.8, 4) is 0 Å². The minimum Gasteiger partial charge on any atom is -0.343 e. The number of nitrogens with one attached hydrogen (secondary N) is 1. The van der Waals surface area contributed by atoms with E-state index < -0.39 is 11.2 Å². The number of carbonyl (C=O) groups is 1. The Hall–Kier alpha value is -3.16. The lowest BCUT2D eigenvalue weighted by molar-refractivity contribution is 0.0973. The number of nitrogens with zero attached hydrogens (tertiary/aromatic N) is 4. The van der Waals surface area contributed by atoms with Crippen molar-refractivity contribution in [2.45, 2.75) is 20.4 Å². The van der Waals surface area contributed by atoms with E-state index in [0.29, 0.717) is 24.6 Å². The van der Waals surface area contributed by atoms with Crippen LogP contribution in [0.1, 0.15) is 24.2 Å². The van der Waals surface area contributed by atoms with E-state index in [1.54, 1.807) is 35.9 Å². The van der Waals surface area contributed by atoms with Crippen LogP contribution in [0.4, 0.5) is 5.95 Å². The van der Waals surface area contributed by atoms with Gasteiger partial charge in [0.25, 0.3) is 5.56 Å². The molecule has 0 aliphatic carbocycles. The second kappa shape index (κ2) is 6.99. The fraction of sp³-hybridized carbons (Fsp3) is 0.333. The molecular formula is C18H21N5O3. The van der Waals surface area contributed by atoms with Gasteiger partial charge in [0.05, 0.1) is 6.54 Å². The Morgan fingerprint density at radius 1 is 1.15 bits per heavy atom. The van der Waals surface area contributed by atoms with Crippen LogP contribution in [0.5, 0.6) is 0 Å². The van der Waals surface area contributed by atoms with Crippen molar-refractivity contribution in [2.24, 2.45) is 7.05 Å². The standard InChI is InChI=1S/C18H21N5O3/c1-4-22(5-2)17-19-15-14(16(25)20-18(26)21(15)3)23(17)11-13(24)12-9-7-6-8-10-12/h6-10H,4-5,11H2,1-3H3,(H,20,25,26). The van der Waals surface area contributed by atoms with Crippen LogP contribution in [0.2, 0.25) is 0 Å². The summed E-state index contributed by atoms with van der Waals surface area (Å²) >= 11 is 0. The predicted molar refractivity (Wildman–Crippen MR) is 99.9 cm³/mol. The third-order valence-electron chi connectivity index (χ3n) is 4.43. The number of ketones is 1. The van der Waals surface area contributed by atoms with E-state index in [0.717, 1.165) is 0 Å². The zero-order valence-electron chi connectivity index (χ0n) is 15.0. The van der Waals surface area contributed by atoms with Crippen molar-refractivity contribution >= 4 is 22.9 Å². The fourth-order valence-electron chi connectivity index (χ4n) is 2.98. The summed E-state index contributed by atoms with van der Waals surface area (Å²) in [5.41, 5.74) is -0.0385. The normalized spacial score (nSPS) is 11.0. The maximum atomic E-state index is 12.7. The molecule has 0 aliphatic heterocycles. The van der Waals surface area contributed by atoms with Gasteiger partial charge in [-0.05, 0) is 13.8 Å². The highest BCUT2D eigenvalue weighted by molar-refractivity contribution is 5.96. The third kappa shape index (κ3) is 2.94. The quantitative estimate of drug-likeness (QED) is 0.670. The van der Waals surface area contributed by atoms with Crippen molar-refractivity contribution in [3.63, 3.8) is 0 Å². The van der Waals surface area contributed by atoms with Crippen molar-refractivity contribution in [2.75, 3.05) is 18.0 Å². The molecule has 3 aromatic rings. The van der Waals surface area contributed by atoms with E-state index in [9.17, 15) is 14.4 Å². The van der Waals surface area contributed by atoms with Gasteiger partial charge in [0, 0.05) is 25.7 Å². The number of hydrogen-bond donors (Lipinski definition) is 1. The van der Waals surface area contributed by atoms with Crippen molar-refractivity contribution in [1.82, 2.24) is 19.1 Å². The number of rotatable bonds is 6. The van der Waals surface area contributed by atoms with Gasteiger partial charge < -0.3 is 4.90 Å². The molecule has 8 nitrogen and oxygen atoms in total. The monoisotopic (exact) mass is 355 g/mol. The number of imidazole rings is 1. The molecule has 0 radical (unpaired) electrons. The summed E-state index contributed by atoms with van der Waals surface area (Å²) in [6, 6.07) is 8.89. The summed E-state index contributed by atoms with van der Waals surface area (Å²) in [5.74, 6) is 0.368. The van der Waals surface area contributed by atoms with Gasteiger partial charge in [0.1, 0.15) is 0 Å². The van der Waals surface area contributed by atoms with E-state index in [1.807, 2.05) is 24.8 Å². The van der Waals surface area contributed by atoms with E-state index in [2.05, 4.69) is 9.97 Å². The van der Waals surface area contributed by atoms with Crippen LogP contribution < -0.4 is 16.1 Å². The lowest BCUT2D eigenvalue weighted by atomic mass is 10.1. The molecule has 2 aromatic heterocycles. The smallest absolute Gasteiger partial charge is 0.329 e. The van der Waals surface area contributed by atoms with Gasteiger partial charge in [-0.2, -0.15) is 4.98 Å². The summed E-state index contributed by atoms with van der Waals surface area (Å²) in [6.07, 6.45) is 0. The summed E-state index contributed by atoms with van der Waals surface area (Å²) in [6.45, 7) is 5.22. The Balaban J connectivity index is 2.23. The molecule has 0 saturated heterocycles. The molecule has 0 unspecified atom stereocenters. The van der Waals surface area contributed by atoms with Gasteiger partial charge in [-0.3, -0.25) is 23.7 Å². The van der Waals surface area contributed by atoms with Crippen LogP contribution in [0.15, 0.2) is 39.9 Å². The van der Waals surface area contributed by atoms with Crippen molar-refractivity contribution in [3.05, 3.63) is 56.7 Å². The number of Topliss-reactive ketones (excluding diaryl/α,β-unsaturated/α-hetero) is 1. The number of carbonyl (C=O) groups excluding carboxylic acids is 1. The van der Waals surface area contributed by atoms with Gasteiger partial charge in [-0.15, -0.1) is 0 Å². The number of anilines is 1. The first-order chi connectivity index (χ1) is 12.5. The molecule has 0 bridgehead atoms. The summed E-state index contributed by atoms with van der Waals surface area (Å²) < 4.78 is 2.88. The number of hydrogen-bond acceptors (Lipinski definition) is 5. The van der Waals surface area contributed by atoms with Gasteiger partial charge in [-0.1, -0.05) is 30.3 Å². The summed E-state index contributed by atoms with van der Waals surface area (Å²) in [7, 11) is 1.54. The molecule has 0 atom stereocenters. The number of aryl methyl sites for hydroxylation is 1. The number of aromatic nitrogens is 4. The minimum absolute atomic E-state index is 0.0341. The maximum absolute atomic E-state index is 12.7. The third-order valence-corrected chi connectivity index (χ3v) is 4.43. The second-order valence-electron chi connectivity index (χ2n) is 5.95. The lowest BCUT2D eigenvalue weighted by Gasteiger charge is -2.20. The van der Waals surface area contributed by atoms with E-state index >= 15 is 0 Å². The van der Waals surface area contributed by atoms with Crippen LogP contribution in [0.25, 0.3) is 11.2 Å². The van der Waals surface area contributed by atoms with Gasteiger partial charge in [-0.25, -0.2) is 4.79 Å². The van der Waals surface area contributed by atoms with Crippen LogP contribution in [0.3, 0.4) is 0 Å². The van der Waals surface area contributed by atoms with Crippen LogP contribution in [-0.2, 0) is 13.6 Å². The van der Waals surface area contributed by atoms with E-state index in [4.69, 9.17) is 0 Å². The molecule has 136 valence electrons. The highest BCUT2D eigenvalue weighted by atomic mass is 16.2. The molecule has 0 amide bonds. The average molecular weight is 355 g/mol. The molecule has 1 aromatic carbocycles. The Morgan fingerprint density at radius 3 is 2.42 bits per heavy atom. The van der Waals surface area contributed by atoms with E-state index in [1.165, 1.54) is 4.57 Å². The molecule has 0 fully saturated rings. The summed E-state index contributed by atoms with van der Waals surface area (Å²) in [5, 5.41) is 0. The predicted octanol–water partition coefficient (Wildman–Crippen LogP) is 1.15. The Bertz CT molecular complexity index is 1060. The van der Waals surface area contributed by atoms with Gasteiger partial charge in [0.15, 0.2) is 16.9 Å². The van der Waals surface area contributed by atoms with E-state index in [-0.39, 0.29) is 23.5 Å². The largest absolute Gasteiger partial charge is 0.343 e. The molecule has 0 saturated carbocycles. The van der Waals surface area contributed by atoms with Crippen molar-refractivity contribution in [1.29, 1.82) is 0 Å². The van der Waals surface area contributed by atoms with Crippen LogP contribution in [-0.4, -0.2) is 38.0 Å². The van der Waals surface area contributed by atoms with Gasteiger partial charge >= 0.3 is 5.69 Å². The zero-order valence-corrected chi connectivity index (χ0v) is 15.0. The number of H-pyrrole nitrogens is 1. The molecule has 0 spiro atoms. The number of benzene rings is 1. The summed E-state index contributed by atoms with van der Waals surface area (Å²) in [4.78, 5) is 45.8. The Kier molecular flexibility index (Phi) is 4.75. The molecule has 2 heterocycles. The first kappa shape index (κ1) is 17.7. The molecule has 0 aliphatic rings. The first-order valence-electron chi connectivity index (χ1n) is 8.50. The zero-order chi connectivity index (χ0) is 18.8. The van der Waals surface area contributed by atoms with Crippen LogP contribution >= 0.6 is 0 Å². The minimum atomic E-state index is -0.546. The first-order valence-corrected chi connectivity index (χ1v) is 8.50. The molecule has 1 N–H and O–H groups in total. The second-order valence-corrected chi connectivity index (χ2v) is 5.95. The highest BCUT2D eigenvalue weighted by Crippen LogP contribution is 2.20. The molecule has 26 heavy (non-hydrogen) atoms. The SMILES string of the molecule is CCN(CC)c1nc2c(c(=O)[nH]c(=O)n2C)n1CC(=O)c1ccccc1. The Labute approximate surface area is 149 Å². The average Bonchev–Trinajstić information content (AvgIpc) is 3.01. The topological polar surface area (TPSA) is 93.0 Å². The number of fused-ring (bicyclic) bond motifs is 1. The molecule has 3 rings (SSSR count).